The topological polar surface area (TPSA) is 39.1 Å². The van der Waals surface area contributed by atoms with Gasteiger partial charge in [0.2, 0.25) is 0 Å². The Balaban J connectivity index is 2.50. The average molecular weight is 356 g/mol. The molecule has 1 N–H and O–H groups in total. The molecule has 1 unspecified atom stereocenters. The lowest BCUT2D eigenvalue weighted by atomic mass is 10.0. The van der Waals surface area contributed by atoms with E-state index in [1.807, 2.05) is 18.5 Å². The molecule has 0 bridgehead atoms. The molecule has 1 aromatic heterocycles. The van der Waals surface area contributed by atoms with E-state index < -0.39 is 0 Å². The molecule has 1 heterocycles. The Bertz CT molecular complexity index is 615. The molecule has 0 amide bonds. The van der Waals surface area contributed by atoms with Gasteiger partial charge in [-0.1, -0.05) is 13.0 Å². The molecule has 1 atom stereocenters. The smallest absolute Gasteiger partial charge is 0.165 e. The number of hydrogen-bond acceptors (Lipinski definition) is 3. The van der Waals surface area contributed by atoms with Crippen LogP contribution in [0.25, 0.3) is 0 Å². The van der Waals surface area contributed by atoms with E-state index in [1.165, 1.54) is 13.2 Å². The van der Waals surface area contributed by atoms with Gasteiger partial charge in [-0.3, -0.25) is 4.68 Å². The number of hydrogen-bond donors (Lipinski definition) is 1. The second kappa shape index (κ2) is 7.04. The fourth-order valence-electron chi connectivity index (χ4n) is 2.34. The van der Waals surface area contributed by atoms with Gasteiger partial charge in [-0.05, 0) is 47.1 Å². The third-order valence-corrected chi connectivity index (χ3v) is 3.93. The lowest BCUT2D eigenvalue weighted by Crippen LogP contribution is -2.25. The molecule has 1 aromatic carbocycles. The zero-order chi connectivity index (χ0) is 15.4. The Labute approximate surface area is 132 Å². The second-order valence-corrected chi connectivity index (χ2v) is 5.43. The average Bonchev–Trinajstić information content (AvgIpc) is 2.86. The van der Waals surface area contributed by atoms with Gasteiger partial charge in [0.1, 0.15) is 0 Å². The van der Waals surface area contributed by atoms with Crippen LogP contribution < -0.4 is 10.1 Å². The van der Waals surface area contributed by atoms with Crippen LogP contribution in [-0.2, 0) is 6.54 Å². The monoisotopic (exact) mass is 355 g/mol. The third-order valence-electron chi connectivity index (χ3n) is 3.32. The number of nitrogens with zero attached hydrogens (tertiary/aromatic N) is 2. The fraction of sp³-hybridized carbons (Fsp3) is 0.400. The largest absolute Gasteiger partial charge is 0.494 e. The number of aryl methyl sites for hydroxylation is 1. The second-order valence-electron chi connectivity index (χ2n) is 4.58. The predicted octanol–water partition coefficient (Wildman–Crippen LogP) is 3.51. The molecular weight excluding hydrogens is 337 g/mol. The molecule has 0 radical (unpaired) electrons. The Morgan fingerprint density at radius 3 is 2.81 bits per heavy atom. The van der Waals surface area contributed by atoms with Crippen molar-refractivity contribution < 1.29 is 9.13 Å². The number of ether oxygens (including phenoxy) is 1. The lowest BCUT2D eigenvalue weighted by Gasteiger charge is -2.21. The maximum atomic E-state index is 13.6. The van der Waals surface area contributed by atoms with Gasteiger partial charge < -0.3 is 10.1 Å². The maximum absolute atomic E-state index is 13.6. The molecule has 0 spiro atoms. The molecule has 114 valence electrons. The van der Waals surface area contributed by atoms with E-state index in [0.29, 0.717) is 0 Å². The molecule has 0 aliphatic heterocycles. The molecule has 21 heavy (non-hydrogen) atoms. The first-order chi connectivity index (χ1) is 10.1. The molecule has 4 nitrogen and oxygen atoms in total. The van der Waals surface area contributed by atoms with Gasteiger partial charge in [0.25, 0.3) is 0 Å². The van der Waals surface area contributed by atoms with Gasteiger partial charge in [-0.25, -0.2) is 4.39 Å². The van der Waals surface area contributed by atoms with E-state index in [9.17, 15) is 4.39 Å². The summed E-state index contributed by atoms with van der Waals surface area (Å²) in [5.74, 6) is -0.117. The molecule has 2 rings (SSSR count). The standard InChI is InChI=1S/C15H19BrFN3O/c1-4-18-14(15-11(16)9-19-20(15)5-2)10-6-7-12(17)13(8-10)21-3/h6-9,14,18H,4-5H2,1-3H3. The Kier molecular flexibility index (Phi) is 5.36. The van der Waals surface area contributed by atoms with E-state index in [0.717, 1.165) is 28.8 Å². The van der Waals surface area contributed by atoms with Crippen molar-refractivity contribution in [3.05, 3.63) is 45.9 Å². The number of rotatable bonds is 6. The molecule has 0 saturated heterocycles. The summed E-state index contributed by atoms with van der Waals surface area (Å²) in [6.45, 7) is 5.62. The van der Waals surface area contributed by atoms with Gasteiger partial charge in [-0.15, -0.1) is 0 Å². The van der Waals surface area contributed by atoms with Crippen molar-refractivity contribution in [2.75, 3.05) is 13.7 Å². The van der Waals surface area contributed by atoms with Crippen LogP contribution in [0.1, 0.15) is 31.1 Å². The van der Waals surface area contributed by atoms with Crippen molar-refractivity contribution in [2.24, 2.45) is 0 Å². The lowest BCUT2D eigenvalue weighted by molar-refractivity contribution is 0.385. The summed E-state index contributed by atoms with van der Waals surface area (Å²) < 4.78 is 21.5. The molecule has 0 aliphatic rings. The molecule has 0 saturated carbocycles. The van der Waals surface area contributed by atoms with Crippen molar-refractivity contribution in [3.8, 4) is 5.75 Å². The van der Waals surface area contributed by atoms with Crippen molar-refractivity contribution in [1.82, 2.24) is 15.1 Å². The highest BCUT2D eigenvalue weighted by atomic mass is 79.9. The first kappa shape index (κ1) is 16.0. The minimum Gasteiger partial charge on any atom is -0.494 e. The summed E-state index contributed by atoms with van der Waals surface area (Å²) in [6.07, 6.45) is 1.78. The van der Waals surface area contributed by atoms with Crippen LogP contribution in [0, 0.1) is 5.82 Å². The number of nitrogens with one attached hydrogen (secondary N) is 1. The summed E-state index contributed by atoms with van der Waals surface area (Å²) >= 11 is 3.55. The van der Waals surface area contributed by atoms with Crippen LogP contribution in [-0.4, -0.2) is 23.4 Å². The van der Waals surface area contributed by atoms with E-state index in [4.69, 9.17) is 4.74 Å². The third kappa shape index (κ3) is 3.27. The van der Waals surface area contributed by atoms with Crippen LogP contribution in [0.2, 0.25) is 0 Å². The summed E-state index contributed by atoms with van der Waals surface area (Å²) in [5, 5.41) is 7.77. The minimum absolute atomic E-state index is 0.0821. The van der Waals surface area contributed by atoms with Crippen molar-refractivity contribution in [2.45, 2.75) is 26.4 Å². The first-order valence-corrected chi connectivity index (χ1v) is 7.69. The number of halogens is 2. The van der Waals surface area contributed by atoms with Crippen molar-refractivity contribution >= 4 is 15.9 Å². The summed E-state index contributed by atoms with van der Waals surface area (Å²) in [5.41, 5.74) is 1.96. The van der Waals surface area contributed by atoms with Gasteiger partial charge in [0.15, 0.2) is 11.6 Å². The molecule has 0 aliphatic carbocycles. The highest BCUT2D eigenvalue weighted by molar-refractivity contribution is 9.10. The SMILES string of the molecule is CCNC(c1ccc(F)c(OC)c1)c1c(Br)cnn1CC. The number of methoxy groups -OCH3 is 1. The predicted molar refractivity (Wildman–Crippen MR) is 84.1 cm³/mol. The van der Waals surface area contributed by atoms with Crippen LogP contribution >= 0.6 is 15.9 Å². The maximum Gasteiger partial charge on any atom is 0.165 e. The Hall–Kier alpha value is -1.40. The first-order valence-electron chi connectivity index (χ1n) is 6.90. The van der Waals surface area contributed by atoms with E-state index in [1.54, 1.807) is 18.3 Å². The van der Waals surface area contributed by atoms with E-state index in [2.05, 4.69) is 26.3 Å². The molecule has 2 aromatic rings. The zero-order valence-corrected chi connectivity index (χ0v) is 13.9. The Morgan fingerprint density at radius 2 is 2.19 bits per heavy atom. The molecule has 6 heteroatoms. The Morgan fingerprint density at radius 1 is 1.43 bits per heavy atom. The van der Waals surface area contributed by atoms with E-state index in [-0.39, 0.29) is 17.6 Å². The molecular formula is C15H19BrFN3O. The van der Waals surface area contributed by atoms with Crippen LogP contribution in [0.4, 0.5) is 4.39 Å². The van der Waals surface area contributed by atoms with Crippen molar-refractivity contribution in [1.29, 1.82) is 0 Å². The zero-order valence-electron chi connectivity index (χ0n) is 12.4. The van der Waals surface area contributed by atoms with Gasteiger partial charge in [-0.2, -0.15) is 5.10 Å². The normalized spacial score (nSPS) is 12.4. The fourth-order valence-corrected chi connectivity index (χ4v) is 2.87. The van der Waals surface area contributed by atoms with Crippen LogP contribution in [0.15, 0.2) is 28.9 Å². The highest BCUT2D eigenvalue weighted by Crippen LogP contribution is 2.31. The van der Waals surface area contributed by atoms with Crippen LogP contribution in [0.3, 0.4) is 0 Å². The van der Waals surface area contributed by atoms with Gasteiger partial charge >= 0.3 is 0 Å². The van der Waals surface area contributed by atoms with E-state index >= 15 is 0 Å². The quantitative estimate of drug-likeness (QED) is 0.861. The number of benzene rings is 1. The van der Waals surface area contributed by atoms with Gasteiger partial charge in [0, 0.05) is 6.54 Å². The van der Waals surface area contributed by atoms with Gasteiger partial charge in [0.05, 0.1) is 29.5 Å². The summed E-state index contributed by atoms with van der Waals surface area (Å²) in [6, 6.07) is 4.84. The minimum atomic E-state index is -0.362. The summed E-state index contributed by atoms with van der Waals surface area (Å²) in [7, 11) is 1.47. The molecule has 0 fully saturated rings. The highest BCUT2D eigenvalue weighted by Gasteiger charge is 2.22. The van der Waals surface area contributed by atoms with Crippen molar-refractivity contribution in [3.63, 3.8) is 0 Å². The summed E-state index contributed by atoms with van der Waals surface area (Å²) in [4.78, 5) is 0. The van der Waals surface area contributed by atoms with Crippen LogP contribution in [0.5, 0.6) is 5.75 Å². The number of aromatic nitrogens is 2.